The molecular formula is C15H19FN2O2. The molecule has 2 unspecified atom stereocenters. The van der Waals surface area contributed by atoms with Crippen molar-refractivity contribution in [3.05, 3.63) is 35.6 Å². The zero-order valence-corrected chi connectivity index (χ0v) is 11.7. The number of nitrogens with zero attached hydrogens (tertiary/aromatic N) is 1. The Morgan fingerprint density at radius 2 is 2.10 bits per heavy atom. The summed E-state index contributed by atoms with van der Waals surface area (Å²) < 4.78 is 13.6. The lowest BCUT2D eigenvalue weighted by Gasteiger charge is -2.30. The third-order valence-electron chi connectivity index (χ3n) is 3.62. The maximum absolute atomic E-state index is 13.6. The third-order valence-corrected chi connectivity index (χ3v) is 3.62. The Labute approximate surface area is 118 Å². The molecule has 1 aromatic carbocycles. The van der Waals surface area contributed by atoms with Gasteiger partial charge in [0.25, 0.3) is 0 Å². The Bertz CT molecular complexity index is 518. The molecule has 108 valence electrons. The predicted octanol–water partition coefficient (Wildman–Crippen LogP) is 1.49. The van der Waals surface area contributed by atoms with Crippen molar-refractivity contribution in [1.29, 1.82) is 0 Å². The van der Waals surface area contributed by atoms with E-state index in [1.54, 1.807) is 18.2 Å². The van der Waals surface area contributed by atoms with Crippen molar-refractivity contribution in [2.45, 2.75) is 38.3 Å². The summed E-state index contributed by atoms with van der Waals surface area (Å²) in [5.74, 6) is -0.583. The second-order valence-electron chi connectivity index (χ2n) is 5.25. The first-order chi connectivity index (χ1) is 9.49. The molecule has 2 atom stereocenters. The van der Waals surface area contributed by atoms with Crippen LogP contribution in [0.2, 0.25) is 0 Å². The van der Waals surface area contributed by atoms with Gasteiger partial charge in [0.05, 0.1) is 6.04 Å². The molecule has 0 radical (unpaired) electrons. The van der Waals surface area contributed by atoms with Crippen LogP contribution in [0.15, 0.2) is 24.3 Å². The number of halogens is 1. The summed E-state index contributed by atoms with van der Waals surface area (Å²) in [7, 11) is 1.50. The molecule has 0 spiro atoms. The smallest absolute Gasteiger partial charge is 0.246 e. The molecule has 1 N–H and O–H groups in total. The molecule has 4 nitrogen and oxygen atoms in total. The summed E-state index contributed by atoms with van der Waals surface area (Å²) in [6.07, 6.45) is 1.38. The molecule has 1 heterocycles. The molecule has 5 heteroatoms. The summed E-state index contributed by atoms with van der Waals surface area (Å²) >= 11 is 0. The fourth-order valence-corrected chi connectivity index (χ4v) is 2.47. The van der Waals surface area contributed by atoms with Gasteiger partial charge in [-0.15, -0.1) is 0 Å². The second-order valence-corrected chi connectivity index (χ2v) is 5.25. The SMILES string of the molecule is CC(Cc1ccccc1F)NC1CCC(=O)N(C)C1=O. The van der Waals surface area contributed by atoms with Crippen LogP contribution in [-0.4, -0.2) is 35.8 Å². The van der Waals surface area contributed by atoms with Gasteiger partial charge in [0.1, 0.15) is 5.82 Å². The Balaban J connectivity index is 1.95. The van der Waals surface area contributed by atoms with Gasteiger partial charge in [-0.05, 0) is 31.4 Å². The Hall–Kier alpha value is -1.75. The molecule has 2 amide bonds. The highest BCUT2D eigenvalue weighted by Gasteiger charge is 2.32. The number of likely N-dealkylation sites (N-methyl/N-ethyl adjacent to an activating group) is 1. The van der Waals surface area contributed by atoms with Gasteiger partial charge in [-0.3, -0.25) is 14.5 Å². The number of rotatable bonds is 4. The van der Waals surface area contributed by atoms with E-state index < -0.39 is 0 Å². The molecule has 0 aliphatic carbocycles. The van der Waals surface area contributed by atoms with E-state index in [4.69, 9.17) is 0 Å². The fraction of sp³-hybridized carbons (Fsp3) is 0.467. The summed E-state index contributed by atoms with van der Waals surface area (Å²) in [6, 6.07) is 6.22. The molecule has 1 saturated heterocycles. The van der Waals surface area contributed by atoms with E-state index in [-0.39, 0.29) is 29.7 Å². The van der Waals surface area contributed by atoms with Gasteiger partial charge < -0.3 is 5.32 Å². The van der Waals surface area contributed by atoms with Crippen LogP contribution in [0.5, 0.6) is 0 Å². The van der Waals surface area contributed by atoms with Crippen molar-refractivity contribution >= 4 is 11.8 Å². The molecule has 0 saturated carbocycles. The zero-order valence-electron chi connectivity index (χ0n) is 11.7. The van der Waals surface area contributed by atoms with E-state index in [9.17, 15) is 14.0 Å². The topological polar surface area (TPSA) is 49.4 Å². The van der Waals surface area contributed by atoms with Crippen LogP contribution in [0.3, 0.4) is 0 Å². The number of amides is 2. The van der Waals surface area contributed by atoms with E-state index in [2.05, 4.69) is 5.32 Å². The van der Waals surface area contributed by atoms with Crippen molar-refractivity contribution in [3.63, 3.8) is 0 Å². The van der Waals surface area contributed by atoms with Crippen molar-refractivity contribution in [2.75, 3.05) is 7.05 Å². The van der Waals surface area contributed by atoms with Crippen LogP contribution >= 0.6 is 0 Å². The average Bonchev–Trinajstić information content (AvgIpc) is 2.42. The van der Waals surface area contributed by atoms with Crippen molar-refractivity contribution in [1.82, 2.24) is 10.2 Å². The molecule has 2 rings (SSSR count). The minimum absolute atomic E-state index is 0.0394. The van der Waals surface area contributed by atoms with E-state index in [0.717, 1.165) is 4.90 Å². The number of nitrogens with one attached hydrogen (secondary N) is 1. The number of likely N-dealkylation sites (tertiary alicyclic amines) is 1. The molecule has 1 fully saturated rings. The van der Waals surface area contributed by atoms with Crippen LogP contribution in [0.1, 0.15) is 25.3 Å². The highest BCUT2D eigenvalue weighted by Crippen LogP contribution is 2.14. The first-order valence-electron chi connectivity index (χ1n) is 6.79. The van der Waals surface area contributed by atoms with Gasteiger partial charge in [-0.2, -0.15) is 0 Å². The van der Waals surface area contributed by atoms with Gasteiger partial charge in [-0.1, -0.05) is 18.2 Å². The number of piperidine rings is 1. The van der Waals surface area contributed by atoms with E-state index in [1.165, 1.54) is 13.1 Å². The van der Waals surface area contributed by atoms with E-state index in [1.807, 2.05) is 6.92 Å². The fourth-order valence-electron chi connectivity index (χ4n) is 2.47. The van der Waals surface area contributed by atoms with Gasteiger partial charge in [0.2, 0.25) is 11.8 Å². The summed E-state index contributed by atoms with van der Waals surface area (Å²) in [4.78, 5) is 24.5. The first kappa shape index (κ1) is 14.7. The summed E-state index contributed by atoms with van der Waals surface area (Å²) in [5, 5.41) is 3.19. The van der Waals surface area contributed by atoms with Crippen LogP contribution < -0.4 is 5.32 Å². The van der Waals surface area contributed by atoms with Crippen LogP contribution in [0.25, 0.3) is 0 Å². The minimum atomic E-state index is -0.362. The number of hydrogen-bond acceptors (Lipinski definition) is 3. The van der Waals surface area contributed by atoms with Gasteiger partial charge in [-0.25, -0.2) is 4.39 Å². The van der Waals surface area contributed by atoms with E-state index in [0.29, 0.717) is 24.8 Å². The summed E-state index contributed by atoms with van der Waals surface area (Å²) in [6.45, 7) is 1.91. The van der Waals surface area contributed by atoms with Crippen molar-refractivity contribution in [2.24, 2.45) is 0 Å². The average molecular weight is 278 g/mol. The van der Waals surface area contributed by atoms with Crippen molar-refractivity contribution in [3.8, 4) is 0 Å². The molecule has 1 aliphatic rings. The largest absolute Gasteiger partial charge is 0.303 e. The lowest BCUT2D eigenvalue weighted by atomic mass is 10.0. The molecular weight excluding hydrogens is 259 g/mol. The molecule has 20 heavy (non-hydrogen) atoms. The number of imide groups is 1. The number of carbonyl (C=O) groups is 2. The lowest BCUT2D eigenvalue weighted by molar-refractivity contribution is -0.148. The quantitative estimate of drug-likeness (QED) is 0.849. The van der Waals surface area contributed by atoms with Gasteiger partial charge in [0, 0.05) is 19.5 Å². The molecule has 0 aromatic heterocycles. The number of carbonyl (C=O) groups excluding carboxylic acids is 2. The minimum Gasteiger partial charge on any atom is -0.303 e. The monoisotopic (exact) mass is 278 g/mol. The Morgan fingerprint density at radius 1 is 1.40 bits per heavy atom. The Kier molecular flexibility index (Phi) is 4.49. The number of hydrogen-bond donors (Lipinski definition) is 1. The predicted molar refractivity (Wildman–Crippen MR) is 73.5 cm³/mol. The maximum Gasteiger partial charge on any atom is 0.246 e. The van der Waals surface area contributed by atoms with Crippen molar-refractivity contribution < 1.29 is 14.0 Å². The number of benzene rings is 1. The highest BCUT2D eigenvalue weighted by molar-refractivity contribution is 6.00. The summed E-state index contributed by atoms with van der Waals surface area (Å²) in [5.41, 5.74) is 0.625. The first-order valence-corrected chi connectivity index (χ1v) is 6.79. The Morgan fingerprint density at radius 3 is 2.80 bits per heavy atom. The molecule has 1 aromatic rings. The maximum atomic E-state index is 13.6. The normalized spacial score (nSPS) is 21.1. The molecule has 1 aliphatic heterocycles. The van der Waals surface area contributed by atoms with Gasteiger partial charge in [0.15, 0.2) is 0 Å². The zero-order chi connectivity index (χ0) is 14.7. The van der Waals surface area contributed by atoms with Gasteiger partial charge >= 0.3 is 0 Å². The highest BCUT2D eigenvalue weighted by atomic mass is 19.1. The molecule has 0 bridgehead atoms. The van der Waals surface area contributed by atoms with E-state index >= 15 is 0 Å². The standard InChI is InChI=1S/C15H19FN2O2/c1-10(9-11-5-3-4-6-12(11)16)17-13-7-8-14(19)18(2)15(13)20/h3-6,10,13,17H,7-9H2,1-2H3. The van der Waals surface area contributed by atoms with Crippen LogP contribution in [-0.2, 0) is 16.0 Å². The third kappa shape index (κ3) is 3.22. The van der Waals surface area contributed by atoms with Crippen LogP contribution in [0.4, 0.5) is 4.39 Å². The lowest BCUT2D eigenvalue weighted by Crippen LogP contribution is -2.53. The second kappa shape index (κ2) is 6.13. The van der Waals surface area contributed by atoms with Crippen LogP contribution in [0, 0.1) is 5.82 Å².